The Morgan fingerprint density at radius 1 is 1.00 bits per heavy atom. The van der Waals surface area contributed by atoms with Crippen molar-refractivity contribution < 1.29 is 9.47 Å². The van der Waals surface area contributed by atoms with Crippen LogP contribution in [0.3, 0.4) is 0 Å². The van der Waals surface area contributed by atoms with Crippen LogP contribution in [-0.4, -0.2) is 56.3 Å². The predicted octanol–water partition coefficient (Wildman–Crippen LogP) is 4.39. The maximum Gasteiger partial charge on any atom is 0.204 e. The minimum atomic E-state index is -0.381. The van der Waals surface area contributed by atoms with Crippen LogP contribution in [0.2, 0.25) is 0 Å². The van der Waals surface area contributed by atoms with Gasteiger partial charge in [-0.3, -0.25) is 14.5 Å². The largest absolute Gasteiger partial charge is 0.347 e. The standard InChI is InChI=1S/C25H31N5O2S/c1-3-19-7-5-8-20(4-2)22(19)30-23(21-9-6-12-26-17-21)27-29(24(30)33)18-28-13-10-25(11-14-28)31-15-16-32-25/h5-9,12,17H,3-4,10-11,13-16,18H2,1-2H3. The molecule has 0 unspecified atom stereocenters. The lowest BCUT2D eigenvalue weighted by Crippen LogP contribution is -2.45. The maximum absolute atomic E-state index is 6.05. The molecule has 3 aromatic rings. The molecule has 2 saturated heterocycles. The quantitative estimate of drug-likeness (QED) is 0.504. The van der Waals surface area contributed by atoms with Crippen LogP contribution in [0.15, 0.2) is 42.7 Å². The third-order valence-electron chi connectivity index (χ3n) is 6.71. The summed E-state index contributed by atoms with van der Waals surface area (Å²) >= 11 is 6.05. The summed E-state index contributed by atoms with van der Waals surface area (Å²) in [4.78, 5) is 6.72. The van der Waals surface area contributed by atoms with Gasteiger partial charge in [0, 0.05) is 43.9 Å². The summed E-state index contributed by atoms with van der Waals surface area (Å²) in [6.07, 6.45) is 7.24. The lowest BCUT2D eigenvalue weighted by molar-refractivity contribution is -0.187. The van der Waals surface area contributed by atoms with E-state index in [2.05, 4.69) is 46.5 Å². The molecule has 1 aromatic carbocycles. The van der Waals surface area contributed by atoms with Gasteiger partial charge in [0.1, 0.15) is 0 Å². The molecule has 0 N–H and O–H groups in total. The highest BCUT2D eigenvalue weighted by Gasteiger charge is 2.39. The van der Waals surface area contributed by atoms with Gasteiger partial charge in [-0.15, -0.1) is 5.10 Å². The number of para-hydroxylation sites is 1. The monoisotopic (exact) mass is 465 g/mol. The second-order valence-corrected chi connectivity index (χ2v) is 9.05. The SMILES string of the molecule is CCc1cccc(CC)c1-n1c(-c2cccnc2)nn(CN2CCC3(CC2)OCCO3)c1=S. The first-order chi connectivity index (χ1) is 16.1. The highest BCUT2D eigenvalue weighted by atomic mass is 32.1. The minimum Gasteiger partial charge on any atom is -0.347 e. The van der Waals surface area contributed by atoms with E-state index in [4.69, 9.17) is 26.8 Å². The highest BCUT2D eigenvalue weighted by molar-refractivity contribution is 7.71. The molecule has 4 heterocycles. The molecule has 0 amide bonds. The molecular formula is C25H31N5O2S. The summed E-state index contributed by atoms with van der Waals surface area (Å²) in [6.45, 7) is 8.19. The molecular weight excluding hydrogens is 434 g/mol. The molecule has 8 heteroatoms. The van der Waals surface area contributed by atoms with E-state index in [1.165, 1.54) is 11.1 Å². The molecule has 174 valence electrons. The number of likely N-dealkylation sites (tertiary alicyclic amines) is 1. The van der Waals surface area contributed by atoms with Gasteiger partial charge in [-0.1, -0.05) is 32.0 Å². The number of benzene rings is 1. The number of piperidine rings is 1. The summed E-state index contributed by atoms with van der Waals surface area (Å²) in [5.74, 6) is 0.452. The molecule has 2 aliphatic rings. The van der Waals surface area contributed by atoms with E-state index < -0.39 is 0 Å². The summed E-state index contributed by atoms with van der Waals surface area (Å²) in [6, 6.07) is 10.5. The Kier molecular flexibility index (Phi) is 6.42. The van der Waals surface area contributed by atoms with Crippen LogP contribution >= 0.6 is 12.2 Å². The second-order valence-electron chi connectivity index (χ2n) is 8.68. The second kappa shape index (κ2) is 9.46. The Morgan fingerprint density at radius 2 is 1.70 bits per heavy atom. The van der Waals surface area contributed by atoms with E-state index in [-0.39, 0.29) is 5.79 Å². The fourth-order valence-corrected chi connectivity index (χ4v) is 5.17. The number of pyridine rings is 1. The zero-order valence-corrected chi connectivity index (χ0v) is 20.2. The van der Waals surface area contributed by atoms with Crippen molar-refractivity contribution in [3.63, 3.8) is 0 Å². The Labute approximate surface area is 200 Å². The molecule has 5 rings (SSSR count). The summed E-state index contributed by atoms with van der Waals surface area (Å²) in [7, 11) is 0. The van der Waals surface area contributed by atoms with Crippen LogP contribution in [0.5, 0.6) is 0 Å². The molecule has 33 heavy (non-hydrogen) atoms. The Morgan fingerprint density at radius 3 is 2.30 bits per heavy atom. The van der Waals surface area contributed by atoms with Crippen molar-refractivity contribution in [3.05, 3.63) is 58.6 Å². The Balaban J connectivity index is 1.54. The van der Waals surface area contributed by atoms with Crippen LogP contribution in [0.4, 0.5) is 0 Å². The van der Waals surface area contributed by atoms with Gasteiger partial charge in [-0.25, -0.2) is 4.68 Å². The minimum absolute atomic E-state index is 0.381. The van der Waals surface area contributed by atoms with E-state index in [0.29, 0.717) is 24.7 Å². The zero-order chi connectivity index (χ0) is 22.8. The van der Waals surface area contributed by atoms with Gasteiger partial charge in [0.25, 0.3) is 0 Å². The molecule has 0 atom stereocenters. The third-order valence-corrected chi connectivity index (χ3v) is 7.11. The molecule has 0 saturated carbocycles. The van der Waals surface area contributed by atoms with Crippen molar-refractivity contribution in [2.24, 2.45) is 0 Å². The lowest BCUT2D eigenvalue weighted by atomic mass is 10.0. The molecule has 0 bridgehead atoms. The Hall–Kier alpha value is -2.39. The first-order valence-corrected chi connectivity index (χ1v) is 12.3. The highest BCUT2D eigenvalue weighted by Crippen LogP contribution is 2.32. The van der Waals surface area contributed by atoms with Gasteiger partial charge >= 0.3 is 0 Å². The van der Waals surface area contributed by atoms with Gasteiger partial charge in [0.2, 0.25) is 4.77 Å². The van der Waals surface area contributed by atoms with Crippen molar-refractivity contribution in [3.8, 4) is 17.1 Å². The summed E-state index contributed by atoms with van der Waals surface area (Å²) < 4.78 is 16.6. The molecule has 0 radical (unpaired) electrons. The predicted molar refractivity (Wildman–Crippen MR) is 130 cm³/mol. The van der Waals surface area contributed by atoms with Crippen LogP contribution in [0, 0.1) is 4.77 Å². The lowest BCUT2D eigenvalue weighted by Gasteiger charge is -2.37. The number of hydrogen-bond acceptors (Lipinski definition) is 6. The number of aromatic nitrogens is 4. The van der Waals surface area contributed by atoms with Crippen molar-refractivity contribution in [2.75, 3.05) is 26.3 Å². The zero-order valence-electron chi connectivity index (χ0n) is 19.4. The fourth-order valence-electron chi connectivity index (χ4n) is 4.90. The van der Waals surface area contributed by atoms with Crippen molar-refractivity contribution in [2.45, 2.75) is 52.0 Å². The average molecular weight is 466 g/mol. The van der Waals surface area contributed by atoms with E-state index in [1.54, 1.807) is 6.20 Å². The van der Waals surface area contributed by atoms with Crippen molar-refractivity contribution in [1.29, 1.82) is 0 Å². The van der Waals surface area contributed by atoms with Gasteiger partial charge in [-0.05, 0) is 48.3 Å². The first kappa shape index (κ1) is 22.4. The molecule has 7 nitrogen and oxygen atoms in total. The van der Waals surface area contributed by atoms with Crippen LogP contribution in [-0.2, 0) is 29.0 Å². The van der Waals surface area contributed by atoms with Crippen LogP contribution in [0.25, 0.3) is 17.1 Å². The van der Waals surface area contributed by atoms with E-state index in [9.17, 15) is 0 Å². The maximum atomic E-state index is 6.05. The average Bonchev–Trinajstić information content (AvgIpc) is 3.45. The van der Waals surface area contributed by atoms with E-state index in [1.807, 2.05) is 23.0 Å². The normalized spacial score (nSPS) is 18.2. The fraction of sp³-hybridized carbons (Fsp3) is 0.480. The first-order valence-electron chi connectivity index (χ1n) is 11.9. The number of aryl methyl sites for hydroxylation is 2. The number of ether oxygens (including phenoxy) is 2. The van der Waals surface area contributed by atoms with Gasteiger partial charge in [-0.2, -0.15) is 0 Å². The van der Waals surface area contributed by atoms with E-state index >= 15 is 0 Å². The van der Waals surface area contributed by atoms with Crippen LogP contribution in [0.1, 0.15) is 37.8 Å². The smallest absolute Gasteiger partial charge is 0.204 e. The van der Waals surface area contributed by atoms with Crippen molar-refractivity contribution >= 4 is 12.2 Å². The molecule has 2 aliphatic heterocycles. The molecule has 0 aliphatic carbocycles. The molecule has 1 spiro atoms. The summed E-state index contributed by atoms with van der Waals surface area (Å²) in [5.41, 5.74) is 4.65. The topological polar surface area (TPSA) is 57.3 Å². The Bertz CT molecular complexity index is 1140. The summed E-state index contributed by atoms with van der Waals surface area (Å²) in [5, 5.41) is 5.02. The van der Waals surface area contributed by atoms with Gasteiger partial charge < -0.3 is 9.47 Å². The van der Waals surface area contributed by atoms with Crippen molar-refractivity contribution in [1.82, 2.24) is 24.2 Å². The van der Waals surface area contributed by atoms with Gasteiger partial charge in [0.05, 0.1) is 25.6 Å². The number of hydrogen-bond donors (Lipinski definition) is 0. The molecule has 2 fully saturated rings. The third kappa shape index (κ3) is 4.28. The van der Waals surface area contributed by atoms with Gasteiger partial charge in [0.15, 0.2) is 11.6 Å². The molecule has 2 aromatic heterocycles. The number of nitrogens with zero attached hydrogens (tertiary/aromatic N) is 5. The van der Waals surface area contributed by atoms with Crippen LogP contribution < -0.4 is 0 Å². The van der Waals surface area contributed by atoms with E-state index in [0.717, 1.165) is 55.8 Å². The number of rotatable bonds is 6.